The fourth-order valence-corrected chi connectivity index (χ4v) is 3.22. The van der Waals surface area contributed by atoms with Crippen molar-refractivity contribution in [1.29, 1.82) is 0 Å². The van der Waals surface area contributed by atoms with Crippen LogP contribution in [0, 0.1) is 10.1 Å². The number of hydrazone groups is 1. The summed E-state index contributed by atoms with van der Waals surface area (Å²) in [6.07, 6.45) is 10.0. The summed E-state index contributed by atoms with van der Waals surface area (Å²) >= 11 is 0. The number of non-ortho nitro benzene ring substituents is 1. The third-order valence-electron chi connectivity index (χ3n) is 3.78. The Hall–Kier alpha value is -1.96. The second kappa shape index (κ2) is 11.6. The number of hydrogen-bond donors (Lipinski definition) is 1. The number of rotatable bonds is 13. The molecule has 0 saturated carbocycles. The van der Waals surface area contributed by atoms with Crippen molar-refractivity contribution in [3.63, 3.8) is 0 Å². The van der Waals surface area contributed by atoms with Gasteiger partial charge in [-0.1, -0.05) is 51.9 Å². The second-order valence-corrected chi connectivity index (χ2v) is 7.81. The van der Waals surface area contributed by atoms with Crippen LogP contribution in [0.2, 0.25) is 0 Å². The summed E-state index contributed by atoms with van der Waals surface area (Å²) in [5.41, 5.74) is 0.563. The predicted molar refractivity (Wildman–Crippen MR) is 100 cm³/mol. The Morgan fingerprint density at radius 2 is 1.60 bits per heavy atom. The van der Waals surface area contributed by atoms with E-state index in [0.29, 0.717) is 12.0 Å². The minimum absolute atomic E-state index is 0.0209. The highest BCUT2D eigenvalue weighted by Gasteiger charge is 2.08. The van der Waals surface area contributed by atoms with E-state index >= 15 is 0 Å². The molecule has 1 aromatic rings. The standard InChI is InChI=1S/C17H27N3O4S/c1-2-3-4-5-6-7-8-9-14-25(23,24)19-18-15-16-10-12-17(13-11-16)20(21)22/h10-13,15,19H,2-9,14H2,1H3. The maximum atomic E-state index is 11.8. The number of nitrogens with zero attached hydrogens (tertiary/aromatic N) is 2. The maximum Gasteiger partial charge on any atom is 0.269 e. The predicted octanol–water partition coefficient (Wildman–Crippen LogP) is 3.99. The summed E-state index contributed by atoms with van der Waals surface area (Å²) in [4.78, 5) is 12.2. The summed E-state index contributed by atoms with van der Waals surface area (Å²) in [5.74, 6) is 0.0551. The fourth-order valence-electron chi connectivity index (χ4n) is 2.33. The van der Waals surface area contributed by atoms with Gasteiger partial charge in [-0.25, -0.2) is 13.2 Å². The first-order valence-corrected chi connectivity index (χ1v) is 10.4. The zero-order chi connectivity index (χ0) is 18.5. The van der Waals surface area contributed by atoms with Gasteiger partial charge < -0.3 is 0 Å². The molecule has 0 bridgehead atoms. The van der Waals surface area contributed by atoms with E-state index in [1.54, 1.807) is 0 Å². The van der Waals surface area contributed by atoms with Crippen molar-refractivity contribution in [1.82, 2.24) is 4.83 Å². The summed E-state index contributed by atoms with van der Waals surface area (Å²) in [5, 5.41) is 14.3. The van der Waals surface area contributed by atoms with Crippen molar-refractivity contribution in [2.75, 3.05) is 5.75 Å². The molecule has 1 N–H and O–H groups in total. The molecule has 1 rings (SSSR count). The van der Waals surface area contributed by atoms with Crippen LogP contribution in [-0.2, 0) is 10.0 Å². The zero-order valence-electron chi connectivity index (χ0n) is 14.7. The average molecular weight is 369 g/mol. The van der Waals surface area contributed by atoms with Crippen molar-refractivity contribution >= 4 is 21.9 Å². The number of benzene rings is 1. The van der Waals surface area contributed by atoms with E-state index in [1.165, 1.54) is 56.2 Å². The number of nitro benzene ring substituents is 1. The molecule has 0 aliphatic heterocycles. The van der Waals surface area contributed by atoms with Crippen LogP contribution in [-0.4, -0.2) is 25.3 Å². The Morgan fingerprint density at radius 1 is 1.04 bits per heavy atom. The first kappa shape index (κ1) is 21.1. The summed E-state index contributed by atoms with van der Waals surface area (Å²) in [7, 11) is -3.43. The van der Waals surface area contributed by atoms with Crippen LogP contribution >= 0.6 is 0 Å². The third-order valence-corrected chi connectivity index (χ3v) is 4.99. The molecular formula is C17H27N3O4S. The molecule has 0 aliphatic rings. The van der Waals surface area contributed by atoms with Gasteiger partial charge in [-0.2, -0.15) is 5.10 Å². The Bertz CT molecular complexity index is 642. The normalized spacial score (nSPS) is 11.7. The number of nitro groups is 1. The van der Waals surface area contributed by atoms with Gasteiger partial charge in [0.25, 0.3) is 5.69 Å². The SMILES string of the molecule is CCCCCCCCCCS(=O)(=O)NN=Cc1ccc([N+](=O)[O-])cc1. The molecule has 0 unspecified atom stereocenters. The molecule has 0 aromatic heterocycles. The van der Waals surface area contributed by atoms with Gasteiger partial charge in [-0.05, 0) is 24.1 Å². The highest BCUT2D eigenvalue weighted by Crippen LogP contribution is 2.11. The molecule has 0 fully saturated rings. The lowest BCUT2D eigenvalue weighted by atomic mass is 10.1. The minimum Gasteiger partial charge on any atom is -0.258 e. The molecule has 0 aliphatic carbocycles. The first-order valence-electron chi connectivity index (χ1n) is 8.71. The largest absolute Gasteiger partial charge is 0.269 e. The summed E-state index contributed by atoms with van der Waals surface area (Å²) in [6.45, 7) is 2.18. The van der Waals surface area contributed by atoms with Crippen LogP contribution < -0.4 is 4.83 Å². The van der Waals surface area contributed by atoms with Gasteiger partial charge in [0.15, 0.2) is 0 Å². The molecule has 0 amide bonds. The summed E-state index contributed by atoms with van der Waals surface area (Å²) < 4.78 is 23.6. The number of unbranched alkanes of at least 4 members (excludes halogenated alkanes) is 7. The monoisotopic (exact) mass is 369 g/mol. The summed E-state index contributed by atoms with van der Waals surface area (Å²) in [6, 6.07) is 5.70. The zero-order valence-corrected chi connectivity index (χ0v) is 15.5. The molecule has 0 atom stereocenters. The maximum absolute atomic E-state index is 11.8. The van der Waals surface area contributed by atoms with Crippen LogP contribution in [0.25, 0.3) is 0 Å². The van der Waals surface area contributed by atoms with E-state index in [4.69, 9.17) is 0 Å². The Labute approximate surface area is 149 Å². The van der Waals surface area contributed by atoms with E-state index in [-0.39, 0.29) is 11.4 Å². The lowest BCUT2D eigenvalue weighted by Crippen LogP contribution is -2.21. The molecule has 140 valence electrons. The average Bonchev–Trinajstić information content (AvgIpc) is 2.57. The number of sulfonamides is 1. The fraction of sp³-hybridized carbons (Fsp3) is 0.588. The van der Waals surface area contributed by atoms with Gasteiger partial charge in [0.1, 0.15) is 0 Å². The van der Waals surface area contributed by atoms with E-state index in [1.807, 2.05) is 0 Å². The molecule has 8 heteroatoms. The van der Waals surface area contributed by atoms with Crippen molar-refractivity contribution in [3.05, 3.63) is 39.9 Å². The van der Waals surface area contributed by atoms with Crippen LogP contribution in [0.15, 0.2) is 29.4 Å². The van der Waals surface area contributed by atoms with E-state index in [2.05, 4.69) is 16.9 Å². The van der Waals surface area contributed by atoms with Crippen molar-refractivity contribution in [2.45, 2.75) is 58.3 Å². The Morgan fingerprint density at radius 3 is 2.16 bits per heavy atom. The van der Waals surface area contributed by atoms with Crippen molar-refractivity contribution in [3.8, 4) is 0 Å². The van der Waals surface area contributed by atoms with Crippen LogP contribution in [0.5, 0.6) is 0 Å². The topological polar surface area (TPSA) is 102 Å². The highest BCUT2D eigenvalue weighted by atomic mass is 32.2. The van der Waals surface area contributed by atoms with Crippen molar-refractivity contribution < 1.29 is 13.3 Å². The van der Waals surface area contributed by atoms with Gasteiger partial charge in [-0.15, -0.1) is 0 Å². The van der Waals surface area contributed by atoms with Gasteiger partial charge in [0, 0.05) is 12.1 Å². The minimum atomic E-state index is -3.43. The smallest absolute Gasteiger partial charge is 0.258 e. The van der Waals surface area contributed by atoms with Gasteiger partial charge >= 0.3 is 0 Å². The lowest BCUT2D eigenvalue weighted by Gasteiger charge is -2.04. The Balaban J connectivity index is 2.25. The molecule has 0 radical (unpaired) electrons. The van der Waals surface area contributed by atoms with E-state index in [9.17, 15) is 18.5 Å². The van der Waals surface area contributed by atoms with Crippen LogP contribution in [0.3, 0.4) is 0 Å². The van der Waals surface area contributed by atoms with Gasteiger partial charge in [-0.3, -0.25) is 10.1 Å². The van der Waals surface area contributed by atoms with E-state index in [0.717, 1.165) is 19.3 Å². The third kappa shape index (κ3) is 9.81. The molecular weight excluding hydrogens is 342 g/mol. The molecule has 0 spiro atoms. The molecule has 25 heavy (non-hydrogen) atoms. The molecule has 0 saturated heterocycles. The first-order chi connectivity index (χ1) is 11.9. The van der Waals surface area contributed by atoms with E-state index < -0.39 is 14.9 Å². The number of nitrogens with one attached hydrogen (secondary N) is 1. The molecule has 7 nitrogen and oxygen atoms in total. The van der Waals surface area contributed by atoms with Crippen LogP contribution in [0.1, 0.15) is 63.9 Å². The lowest BCUT2D eigenvalue weighted by molar-refractivity contribution is -0.384. The second-order valence-electron chi connectivity index (χ2n) is 5.99. The van der Waals surface area contributed by atoms with Gasteiger partial charge in [0.05, 0.1) is 16.9 Å². The quantitative estimate of drug-likeness (QED) is 0.246. The van der Waals surface area contributed by atoms with Crippen molar-refractivity contribution in [2.24, 2.45) is 5.10 Å². The molecule has 0 heterocycles. The highest BCUT2D eigenvalue weighted by molar-refractivity contribution is 7.89. The molecule has 1 aromatic carbocycles. The van der Waals surface area contributed by atoms with Crippen LogP contribution in [0.4, 0.5) is 5.69 Å². The van der Waals surface area contributed by atoms with Gasteiger partial charge in [0.2, 0.25) is 10.0 Å². The Kier molecular flexibility index (Phi) is 9.76. The number of hydrogen-bond acceptors (Lipinski definition) is 5.